The second-order valence-corrected chi connectivity index (χ2v) is 2.67. The van der Waals surface area contributed by atoms with Crippen molar-refractivity contribution in [2.45, 2.75) is 6.42 Å². The molecule has 0 aliphatic heterocycles. The van der Waals surface area contributed by atoms with Crippen LogP contribution in [0.3, 0.4) is 0 Å². The highest BCUT2D eigenvalue weighted by Gasteiger charge is 1.99. The maximum atomic E-state index is 10.7. The molecule has 0 aliphatic carbocycles. The lowest BCUT2D eigenvalue weighted by Crippen LogP contribution is -2.07. The Bertz CT molecular complexity index is 411. The third-order valence-electron chi connectivity index (χ3n) is 1.67. The van der Waals surface area contributed by atoms with Gasteiger partial charge in [-0.1, -0.05) is 0 Å². The van der Waals surface area contributed by atoms with Gasteiger partial charge in [0, 0.05) is 12.5 Å². The molecular formula is C9H8N2O2. The van der Waals surface area contributed by atoms with Gasteiger partial charge in [-0.05, 0) is 18.2 Å². The fourth-order valence-electron chi connectivity index (χ4n) is 1.06. The van der Waals surface area contributed by atoms with Crippen LogP contribution in [0.5, 0.6) is 0 Å². The van der Waals surface area contributed by atoms with Crippen molar-refractivity contribution in [3.63, 3.8) is 0 Å². The van der Waals surface area contributed by atoms with Crippen molar-refractivity contribution in [2.75, 3.05) is 0 Å². The van der Waals surface area contributed by atoms with Gasteiger partial charge in [-0.15, -0.1) is 0 Å². The van der Waals surface area contributed by atoms with Crippen molar-refractivity contribution >= 4 is 0 Å². The Morgan fingerprint density at radius 2 is 2.31 bits per heavy atom. The molecule has 0 aromatic carbocycles. The molecule has 0 spiro atoms. The van der Waals surface area contributed by atoms with Crippen LogP contribution in [0.4, 0.5) is 0 Å². The average Bonchev–Trinajstić information content (AvgIpc) is 2.62. The van der Waals surface area contributed by atoms with Crippen LogP contribution in [0.2, 0.25) is 0 Å². The van der Waals surface area contributed by atoms with E-state index in [1.165, 1.54) is 6.07 Å². The highest BCUT2D eigenvalue weighted by molar-refractivity contribution is 5.10. The third-order valence-corrected chi connectivity index (χ3v) is 1.67. The lowest BCUT2D eigenvalue weighted by atomic mass is 10.2. The number of hydrogen-bond donors (Lipinski definition) is 1. The normalized spacial score (nSPS) is 10.2. The Hall–Kier alpha value is -1.84. The van der Waals surface area contributed by atoms with Gasteiger partial charge in [0.1, 0.15) is 5.76 Å². The zero-order valence-electron chi connectivity index (χ0n) is 6.86. The van der Waals surface area contributed by atoms with Crippen LogP contribution in [0.1, 0.15) is 11.5 Å². The molecule has 13 heavy (non-hydrogen) atoms. The van der Waals surface area contributed by atoms with E-state index in [0.717, 1.165) is 11.5 Å². The Labute approximate surface area is 74.2 Å². The summed E-state index contributed by atoms with van der Waals surface area (Å²) in [5, 5.41) is 6.22. The average molecular weight is 176 g/mol. The van der Waals surface area contributed by atoms with Crippen molar-refractivity contribution in [3.05, 3.63) is 52.3 Å². The number of H-pyrrole nitrogens is 1. The standard InChI is InChI=1S/C9H8N2O2/c12-9-4-3-7(10-11-9)6-8-2-1-5-13-8/h1-5H,6H2,(H,11,12). The summed E-state index contributed by atoms with van der Waals surface area (Å²) < 4.78 is 5.14. The molecule has 0 atom stereocenters. The van der Waals surface area contributed by atoms with Crippen LogP contribution < -0.4 is 5.56 Å². The maximum Gasteiger partial charge on any atom is 0.264 e. The molecule has 0 fully saturated rings. The highest BCUT2D eigenvalue weighted by atomic mass is 16.3. The third kappa shape index (κ3) is 1.84. The zero-order valence-corrected chi connectivity index (χ0v) is 6.86. The number of hydrogen-bond acceptors (Lipinski definition) is 3. The SMILES string of the molecule is O=c1ccc(Cc2ccco2)n[nH]1. The summed E-state index contributed by atoms with van der Waals surface area (Å²) in [7, 11) is 0. The largest absolute Gasteiger partial charge is 0.469 e. The number of nitrogens with zero attached hydrogens (tertiary/aromatic N) is 1. The van der Waals surface area contributed by atoms with E-state index in [1.807, 2.05) is 12.1 Å². The predicted octanol–water partition coefficient (Wildman–Crippen LogP) is 0.954. The number of nitrogens with one attached hydrogen (secondary N) is 1. The van der Waals surface area contributed by atoms with E-state index < -0.39 is 0 Å². The summed E-state index contributed by atoms with van der Waals surface area (Å²) in [6.45, 7) is 0. The first-order valence-electron chi connectivity index (χ1n) is 3.91. The van der Waals surface area contributed by atoms with Crippen LogP contribution >= 0.6 is 0 Å². The molecule has 2 aromatic rings. The number of rotatable bonds is 2. The topological polar surface area (TPSA) is 58.9 Å². The van der Waals surface area contributed by atoms with E-state index in [-0.39, 0.29) is 5.56 Å². The fourth-order valence-corrected chi connectivity index (χ4v) is 1.06. The minimum Gasteiger partial charge on any atom is -0.469 e. The molecule has 4 heteroatoms. The van der Waals surface area contributed by atoms with Gasteiger partial charge in [-0.25, -0.2) is 5.10 Å². The molecule has 0 radical (unpaired) electrons. The zero-order chi connectivity index (χ0) is 9.10. The van der Waals surface area contributed by atoms with Gasteiger partial charge in [0.05, 0.1) is 12.0 Å². The van der Waals surface area contributed by atoms with Gasteiger partial charge in [0.2, 0.25) is 0 Å². The van der Waals surface area contributed by atoms with Crippen molar-refractivity contribution in [2.24, 2.45) is 0 Å². The number of aromatic nitrogens is 2. The van der Waals surface area contributed by atoms with E-state index in [9.17, 15) is 4.79 Å². The minimum absolute atomic E-state index is 0.191. The first kappa shape index (κ1) is 7.79. The summed E-state index contributed by atoms with van der Waals surface area (Å²) in [4.78, 5) is 10.7. The van der Waals surface area contributed by atoms with Crippen LogP contribution in [-0.4, -0.2) is 10.2 Å². The Morgan fingerprint density at radius 1 is 1.38 bits per heavy atom. The van der Waals surface area contributed by atoms with Crippen LogP contribution in [0.25, 0.3) is 0 Å². The highest BCUT2D eigenvalue weighted by Crippen LogP contribution is 2.05. The van der Waals surface area contributed by atoms with Crippen LogP contribution in [-0.2, 0) is 6.42 Å². The van der Waals surface area contributed by atoms with E-state index in [4.69, 9.17) is 4.42 Å². The van der Waals surface area contributed by atoms with Gasteiger partial charge < -0.3 is 4.42 Å². The molecule has 0 saturated heterocycles. The Morgan fingerprint density at radius 3 is 2.92 bits per heavy atom. The molecule has 4 nitrogen and oxygen atoms in total. The van der Waals surface area contributed by atoms with Crippen molar-refractivity contribution < 1.29 is 4.42 Å². The molecule has 0 saturated carbocycles. The fraction of sp³-hybridized carbons (Fsp3) is 0.111. The lowest BCUT2D eigenvalue weighted by Gasteiger charge is -1.94. The smallest absolute Gasteiger partial charge is 0.264 e. The summed E-state index contributed by atoms with van der Waals surface area (Å²) in [6.07, 6.45) is 2.21. The Kier molecular flexibility index (Phi) is 1.96. The summed E-state index contributed by atoms with van der Waals surface area (Å²) >= 11 is 0. The second-order valence-electron chi connectivity index (χ2n) is 2.67. The van der Waals surface area contributed by atoms with Crippen molar-refractivity contribution in [1.29, 1.82) is 0 Å². The molecule has 2 aromatic heterocycles. The van der Waals surface area contributed by atoms with Crippen molar-refractivity contribution in [3.8, 4) is 0 Å². The van der Waals surface area contributed by atoms with E-state index in [1.54, 1.807) is 12.3 Å². The lowest BCUT2D eigenvalue weighted by molar-refractivity contribution is 0.518. The Balaban J connectivity index is 2.19. The molecule has 2 rings (SSSR count). The molecule has 0 bridgehead atoms. The molecule has 0 unspecified atom stereocenters. The summed E-state index contributed by atoms with van der Waals surface area (Å²) in [5.74, 6) is 0.833. The number of furan rings is 1. The summed E-state index contributed by atoms with van der Waals surface area (Å²) in [6, 6.07) is 6.82. The maximum absolute atomic E-state index is 10.7. The quantitative estimate of drug-likeness (QED) is 0.741. The van der Waals surface area contributed by atoms with Crippen molar-refractivity contribution in [1.82, 2.24) is 10.2 Å². The van der Waals surface area contributed by atoms with E-state index >= 15 is 0 Å². The van der Waals surface area contributed by atoms with E-state index in [0.29, 0.717) is 6.42 Å². The molecule has 66 valence electrons. The molecule has 2 heterocycles. The molecule has 0 aliphatic rings. The molecule has 1 N–H and O–H groups in total. The van der Waals surface area contributed by atoms with E-state index in [2.05, 4.69) is 10.2 Å². The van der Waals surface area contributed by atoms with Crippen LogP contribution in [0.15, 0.2) is 39.7 Å². The monoisotopic (exact) mass is 176 g/mol. The second kappa shape index (κ2) is 3.26. The minimum atomic E-state index is -0.191. The van der Waals surface area contributed by atoms with Gasteiger partial charge in [-0.3, -0.25) is 4.79 Å². The van der Waals surface area contributed by atoms with Crippen LogP contribution in [0, 0.1) is 0 Å². The van der Waals surface area contributed by atoms with Gasteiger partial charge in [0.15, 0.2) is 0 Å². The van der Waals surface area contributed by atoms with Gasteiger partial charge >= 0.3 is 0 Å². The summed E-state index contributed by atoms with van der Waals surface area (Å²) in [5.41, 5.74) is 0.595. The first-order chi connectivity index (χ1) is 6.34. The van der Waals surface area contributed by atoms with Gasteiger partial charge in [-0.2, -0.15) is 5.10 Å². The predicted molar refractivity (Wildman–Crippen MR) is 46.4 cm³/mol. The molecule has 0 amide bonds. The first-order valence-corrected chi connectivity index (χ1v) is 3.91. The number of aromatic amines is 1. The molecular weight excluding hydrogens is 168 g/mol. The van der Waals surface area contributed by atoms with Gasteiger partial charge in [0.25, 0.3) is 5.56 Å².